The normalized spacial score (nSPS) is 10.8. The number of methoxy groups -OCH3 is 1. The molecule has 9 nitrogen and oxygen atoms in total. The lowest BCUT2D eigenvalue weighted by Crippen LogP contribution is -2.15. The lowest BCUT2D eigenvalue weighted by Gasteiger charge is -2.09. The van der Waals surface area contributed by atoms with Crippen molar-refractivity contribution in [2.24, 2.45) is 7.05 Å². The van der Waals surface area contributed by atoms with Crippen LogP contribution in [-0.2, 0) is 24.7 Å². The van der Waals surface area contributed by atoms with Crippen LogP contribution in [0, 0.1) is 24.0 Å². The number of anilines is 1. The maximum atomic E-state index is 12.4. The molecule has 174 valence electrons. The molecule has 0 radical (unpaired) electrons. The van der Waals surface area contributed by atoms with E-state index in [0.29, 0.717) is 10.8 Å². The molecule has 0 fully saturated rings. The smallest absolute Gasteiger partial charge is 0.271 e. The second-order valence-corrected chi connectivity index (χ2v) is 8.64. The Morgan fingerprint density at radius 1 is 1.15 bits per heavy atom. The minimum Gasteiger partial charge on any atom is -0.497 e. The van der Waals surface area contributed by atoms with Gasteiger partial charge in [-0.3, -0.25) is 14.9 Å². The van der Waals surface area contributed by atoms with Crippen LogP contribution < -0.4 is 10.1 Å². The van der Waals surface area contributed by atoms with Crippen molar-refractivity contribution in [1.82, 2.24) is 14.8 Å². The topological polar surface area (TPSA) is 112 Å². The van der Waals surface area contributed by atoms with E-state index in [4.69, 9.17) is 4.74 Å². The highest BCUT2D eigenvalue weighted by atomic mass is 32.2. The molecular formula is C23H27N5O4S. The monoisotopic (exact) mass is 469 g/mol. The first-order chi connectivity index (χ1) is 15.8. The molecule has 0 aliphatic heterocycles. The largest absolute Gasteiger partial charge is 0.497 e. The summed E-state index contributed by atoms with van der Waals surface area (Å²) in [6, 6.07) is 10.5. The van der Waals surface area contributed by atoms with Crippen LogP contribution in [0.4, 0.5) is 11.4 Å². The summed E-state index contributed by atoms with van der Waals surface area (Å²) in [4.78, 5) is 22.9. The van der Waals surface area contributed by atoms with E-state index in [2.05, 4.69) is 28.5 Å². The van der Waals surface area contributed by atoms with Crippen LogP contribution >= 0.6 is 11.8 Å². The van der Waals surface area contributed by atoms with E-state index in [0.717, 1.165) is 36.4 Å². The molecule has 2 aromatic carbocycles. The predicted molar refractivity (Wildman–Crippen MR) is 128 cm³/mol. The van der Waals surface area contributed by atoms with Gasteiger partial charge in [-0.25, -0.2) is 0 Å². The number of nitro groups is 1. The number of rotatable bonds is 10. The van der Waals surface area contributed by atoms with Crippen LogP contribution in [0.5, 0.6) is 5.75 Å². The molecule has 0 atom stereocenters. The van der Waals surface area contributed by atoms with Gasteiger partial charge in [0.15, 0.2) is 5.16 Å². The number of benzene rings is 2. The number of hydrogen-bond donors (Lipinski definition) is 1. The van der Waals surface area contributed by atoms with Crippen LogP contribution in [0.15, 0.2) is 41.6 Å². The molecular weight excluding hydrogens is 442 g/mol. The number of ether oxygens (including phenoxy) is 1. The van der Waals surface area contributed by atoms with Crippen molar-refractivity contribution < 1.29 is 14.5 Å². The van der Waals surface area contributed by atoms with E-state index in [1.165, 1.54) is 35.0 Å². The highest BCUT2D eigenvalue weighted by Gasteiger charge is 2.14. The predicted octanol–water partition coefficient (Wildman–Crippen LogP) is 4.25. The van der Waals surface area contributed by atoms with Gasteiger partial charge in [0, 0.05) is 25.6 Å². The Labute approximate surface area is 196 Å². The standard InChI is InChI=1S/C23H27N5O4S/c1-15-8-10-18(28(30)31)13-20(15)24-22(29)14-33-23-26-25-21(27(23)3)7-5-6-17-9-11-19(32-4)12-16(17)2/h8-13H,5-7,14H2,1-4H3,(H,24,29). The quantitative estimate of drug-likeness (QED) is 0.268. The molecule has 1 N–H and O–H groups in total. The molecule has 3 rings (SSSR count). The average molecular weight is 470 g/mol. The van der Waals surface area contributed by atoms with Crippen molar-refractivity contribution in [1.29, 1.82) is 0 Å². The van der Waals surface area contributed by atoms with Crippen molar-refractivity contribution in [3.8, 4) is 5.75 Å². The summed E-state index contributed by atoms with van der Waals surface area (Å²) in [5, 5.41) is 22.8. The molecule has 10 heteroatoms. The molecule has 0 aliphatic rings. The number of aryl methyl sites for hydroxylation is 4. The van der Waals surface area contributed by atoms with Crippen LogP contribution in [-0.4, -0.2) is 38.5 Å². The summed E-state index contributed by atoms with van der Waals surface area (Å²) in [6.07, 6.45) is 2.63. The van der Waals surface area contributed by atoms with E-state index in [-0.39, 0.29) is 17.3 Å². The number of carbonyl (C=O) groups is 1. The van der Waals surface area contributed by atoms with E-state index in [1.807, 2.05) is 23.7 Å². The van der Waals surface area contributed by atoms with Gasteiger partial charge in [0.25, 0.3) is 5.69 Å². The van der Waals surface area contributed by atoms with Gasteiger partial charge < -0.3 is 14.6 Å². The van der Waals surface area contributed by atoms with Crippen molar-refractivity contribution in [3.05, 3.63) is 69.0 Å². The molecule has 0 spiro atoms. The summed E-state index contributed by atoms with van der Waals surface area (Å²) < 4.78 is 7.16. The molecule has 0 aliphatic carbocycles. The van der Waals surface area contributed by atoms with Crippen molar-refractivity contribution in [2.75, 3.05) is 18.2 Å². The Balaban J connectivity index is 1.52. The number of non-ortho nitro benzene ring substituents is 1. The van der Waals surface area contributed by atoms with Gasteiger partial charge in [-0.15, -0.1) is 10.2 Å². The van der Waals surface area contributed by atoms with Crippen molar-refractivity contribution >= 4 is 29.0 Å². The third-order valence-corrected chi connectivity index (χ3v) is 6.38. The first-order valence-electron chi connectivity index (χ1n) is 10.5. The highest BCUT2D eigenvalue weighted by molar-refractivity contribution is 7.99. The Morgan fingerprint density at radius 3 is 2.64 bits per heavy atom. The van der Waals surface area contributed by atoms with Gasteiger partial charge in [-0.2, -0.15) is 0 Å². The van der Waals surface area contributed by atoms with Gasteiger partial charge in [0.1, 0.15) is 11.6 Å². The lowest BCUT2D eigenvalue weighted by molar-refractivity contribution is -0.384. The third kappa shape index (κ3) is 6.32. The van der Waals surface area contributed by atoms with Gasteiger partial charge in [-0.05, 0) is 55.5 Å². The number of hydrogen-bond acceptors (Lipinski definition) is 7. The molecule has 0 unspecified atom stereocenters. The summed E-state index contributed by atoms with van der Waals surface area (Å²) in [5.74, 6) is 1.58. The first kappa shape index (κ1) is 24.2. The number of nitrogens with one attached hydrogen (secondary N) is 1. The number of nitrogens with zero attached hydrogens (tertiary/aromatic N) is 4. The minimum atomic E-state index is -0.485. The Bertz CT molecular complexity index is 1160. The van der Waals surface area contributed by atoms with E-state index >= 15 is 0 Å². The second kappa shape index (κ2) is 11.0. The Kier molecular flexibility index (Phi) is 8.05. The molecule has 1 aromatic heterocycles. The van der Waals surface area contributed by atoms with Gasteiger partial charge in [-0.1, -0.05) is 23.9 Å². The summed E-state index contributed by atoms with van der Waals surface area (Å²) in [6.45, 7) is 3.87. The lowest BCUT2D eigenvalue weighted by atomic mass is 10.0. The van der Waals surface area contributed by atoms with Crippen LogP contribution in [0.1, 0.15) is 28.9 Å². The fourth-order valence-electron chi connectivity index (χ4n) is 3.38. The molecule has 1 heterocycles. The van der Waals surface area contributed by atoms with Gasteiger partial charge in [0.05, 0.1) is 23.5 Å². The molecule has 33 heavy (non-hydrogen) atoms. The molecule has 3 aromatic rings. The van der Waals surface area contributed by atoms with Crippen LogP contribution in [0.3, 0.4) is 0 Å². The number of thioether (sulfide) groups is 1. The van der Waals surface area contributed by atoms with E-state index in [1.54, 1.807) is 20.1 Å². The maximum absolute atomic E-state index is 12.4. The second-order valence-electron chi connectivity index (χ2n) is 7.70. The van der Waals surface area contributed by atoms with E-state index in [9.17, 15) is 14.9 Å². The summed E-state index contributed by atoms with van der Waals surface area (Å²) >= 11 is 1.28. The average Bonchev–Trinajstić information content (AvgIpc) is 3.14. The molecule has 0 saturated heterocycles. The number of nitro benzene ring substituents is 1. The summed E-state index contributed by atoms with van der Waals surface area (Å²) in [5.41, 5.74) is 3.61. The van der Waals surface area contributed by atoms with Gasteiger partial charge in [0.2, 0.25) is 5.91 Å². The van der Waals surface area contributed by atoms with Crippen LogP contribution in [0.25, 0.3) is 0 Å². The van der Waals surface area contributed by atoms with Gasteiger partial charge >= 0.3 is 0 Å². The Morgan fingerprint density at radius 2 is 1.94 bits per heavy atom. The Hall–Kier alpha value is -3.40. The summed E-state index contributed by atoms with van der Waals surface area (Å²) in [7, 11) is 3.55. The minimum absolute atomic E-state index is 0.0636. The zero-order valence-electron chi connectivity index (χ0n) is 19.1. The maximum Gasteiger partial charge on any atom is 0.271 e. The highest BCUT2D eigenvalue weighted by Crippen LogP contribution is 2.23. The third-order valence-electron chi connectivity index (χ3n) is 5.36. The van der Waals surface area contributed by atoms with E-state index < -0.39 is 4.92 Å². The molecule has 1 amide bonds. The van der Waals surface area contributed by atoms with Crippen molar-refractivity contribution in [3.63, 3.8) is 0 Å². The van der Waals surface area contributed by atoms with Crippen LogP contribution in [0.2, 0.25) is 0 Å². The molecule has 0 bridgehead atoms. The fraction of sp³-hybridized carbons (Fsp3) is 0.348. The van der Waals surface area contributed by atoms with Crippen molar-refractivity contribution in [2.45, 2.75) is 38.3 Å². The zero-order chi connectivity index (χ0) is 24.0. The zero-order valence-corrected chi connectivity index (χ0v) is 19.9. The number of carbonyl (C=O) groups excluding carboxylic acids is 1. The first-order valence-corrected chi connectivity index (χ1v) is 11.5. The fourth-order valence-corrected chi connectivity index (χ4v) is 4.11. The molecule has 0 saturated carbocycles. The number of amides is 1. The number of aromatic nitrogens is 3. The SMILES string of the molecule is COc1ccc(CCCc2nnc(SCC(=O)Nc3cc([N+](=O)[O-])ccc3C)n2C)c(C)c1.